The van der Waals surface area contributed by atoms with Crippen LogP contribution in [0.15, 0.2) is 48.7 Å². The number of anilines is 1. The zero-order chi connectivity index (χ0) is 17.5. The Bertz CT molecular complexity index is 732. The fourth-order valence-corrected chi connectivity index (χ4v) is 3.17. The van der Waals surface area contributed by atoms with E-state index in [2.05, 4.69) is 15.6 Å². The Morgan fingerprint density at radius 1 is 1.12 bits per heavy atom. The average molecular weight is 355 g/mol. The molecule has 1 aromatic carbocycles. The summed E-state index contributed by atoms with van der Waals surface area (Å²) in [5, 5.41) is 5.81. The largest absolute Gasteiger partial charge is 0.349 e. The summed E-state index contributed by atoms with van der Waals surface area (Å²) in [6, 6.07) is 13.2. The van der Waals surface area contributed by atoms with Crippen LogP contribution in [0.4, 0.5) is 5.69 Å². The molecule has 2 aromatic rings. The van der Waals surface area contributed by atoms with Crippen LogP contribution in [-0.4, -0.2) is 28.6 Å². The fourth-order valence-electron chi connectivity index (χ4n) is 2.32. The number of carbonyl (C=O) groups excluding carboxylic acids is 2. The summed E-state index contributed by atoms with van der Waals surface area (Å²) in [6.45, 7) is 0. The van der Waals surface area contributed by atoms with Gasteiger partial charge in [-0.2, -0.15) is 11.8 Å². The number of nitrogens with zero attached hydrogens (tertiary/aromatic N) is 1. The second-order valence-corrected chi connectivity index (χ2v) is 7.07. The number of pyridine rings is 1. The maximum atomic E-state index is 12.2. The molecule has 6 heteroatoms. The van der Waals surface area contributed by atoms with E-state index < -0.39 is 0 Å². The van der Waals surface area contributed by atoms with E-state index in [1.807, 2.05) is 24.3 Å². The summed E-state index contributed by atoms with van der Waals surface area (Å²) in [5.74, 6) is 1.29. The molecule has 25 heavy (non-hydrogen) atoms. The molecule has 0 spiro atoms. The highest BCUT2D eigenvalue weighted by Gasteiger charge is 2.24. The number of hydrogen-bond donors (Lipinski definition) is 2. The van der Waals surface area contributed by atoms with Crippen molar-refractivity contribution in [3.8, 4) is 0 Å². The third-order valence-electron chi connectivity index (χ3n) is 3.81. The predicted octanol–water partition coefficient (Wildman–Crippen LogP) is 3.24. The van der Waals surface area contributed by atoms with Crippen molar-refractivity contribution in [1.29, 1.82) is 0 Å². The molecule has 0 saturated heterocycles. The highest BCUT2D eigenvalue weighted by atomic mass is 32.2. The van der Waals surface area contributed by atoms with Gasteiger partial charge in [0.25, 0.3) is 5.91 Å². The lowest BCUT2D eigenvalue weighted by atomic mass is 10.1. The molecule has 0 radical (unpaired) electrons. The van der Waals surface area contributed by atoms with Crippen LogP contribution in [0.2, 0.25) is 0 Å². The number of rotatable bonds is 8. The lowest BCUT2D eigenvalue weighted by Gasteiger charge is -2.11. The number of carbonyl (C=O) groups is 2. The smallest absolute Gasteiger partial charge is 0.253 e. The molecule has 130 valence electrons. The topological polar surface area (TPSA) is 71.1 Å². The zero-order valence-corrected chi connectivity index (χ0v) is 14.7. The number of nitrogens with one attached hydrogen (secondary N) is 2. The molecule has 1 aliphatic rings. The van der Waals surface area contributed by atoms with Crippen LogP contribution in [0.5, 0.6) is 0 Å². The van der Waals surface area contributed by atoms with E-state index in [9.17, 15) is 9.59 Å². The molecule has 5 nitrogen and oxygen atoms in total. The summed E-state index contributed by atoms with van der Waals surface area (Å²) < 4.78 is 0. The SMILES string of the molecule is O=C(CCSCc1ccccn1)Nc1ccccc1C(=O)NC1CC1. The first-order valence-electron chi connectivity index (χ1n) is 8.40. The molecule has 0 bridgehead atoms. The molecule has 3 rings (SSSR count). The molecular formula is C19H21N3O2S. The Morgan fingerprint density at radius 3 is 2.68 bits per heavy atom. The van der Waals surface area contributed by atoms with Crippen LogP contribution in [0, 0.1) is 0 Å². The Balaban J connectivity index is 1.46. The minimum atomic E-state index is -0.122. The summed E-state index contributed by atoms with van der Waals surface area (Å²) in [5.41, 5.74) is 2.10. The molecule has 1 aromatic heterocycles. The lowest BCUT2D eigenvalue weighted by Crippen LogP contribution is -2.27. The third-order valence-corrected chi connectivity index (χ3v) is 4.80. The number of para-hydroxylation sites is 1. The average Bonchev–Trinajstić information content (AvgIpc) is 3.44. The van der Waals surface area contributed by atoms with E-state index in [4.69, 9.17) is 0 Å². The van der Waals surface area contributed by atoms with Crippen molar-refractivity contribution in [2.75, 3.05) is 11.1 Å². The van der Waals surface area contributed by atoms with Gasteiger partial charge in [0.15, 0.2) is 0 Å². The van der Waals surface area contributed by atoms with Gasteiger partial charge in [0.1, 0.15) is 0 Å². The van der Waals surface area contributed by atoms with E-state index >= 15 is 0 Å². The molecule has 1 saturated carbocycles. The van der Waals surface area contributed by atoms with Crippen molar-refractivity contribution in [2.24, 2.45) is 0 Å². The molecule has 1 heterocycles. The zero-order valence-electron chi connectivity index (χ0n) is 13.9. The maximum Gasteiger partial charge on any atom is 0.253 e. The number of aromatic nitrogens is 1. The quantitative estimate of drug-likeness (QED) is 0.713. The van der Waals surface area contributed by atoms with Gasteiger partial charge < -0.3 is 10.6 Å². The molecule has 1 fully saturated rings. The predicted molar refractivity (Wildman–Crippen MR) is 101 cm³/mol. The van der Waals surface area contributed by atoms with Crippen LogP contribution < -0.4 is 10.6 Å². The van der Waals surface area contributed by atoms with Crippen LogP contribution in [0.25, 0.3) is 0 Å². The first-order chi connectivity index (χ1) is 12.2. The van der Waals surface area contributed by atoms with Crippen molar-refractivity contribution in [1.82, 2.24) is 10.3 Å². The summed E-state index contributed by atoms with van der Waals surface area (Å²) in [6.07, 6.45) is 4.24. The number of benzene rings is 1. The van der Waals surface area contributed by atoms with Crippen molar-refractivity contribution >= 4 is 29.3 Å². The van der Waals surface area contributed by atoms with Gasteiger partial charge in [-0.05, 0) is 37.1 Å². The number of hydrogen-bond acceptors (Lipinski definition) is 4. The van der Waals surface area contributed by atoms with Crippen molar-refractivity contribution in [3.63, 3.8) is 0 Å². The minimum Gasteiger partial charge on any atom is -0.349 e. The van der Waals surface area contributed by atoms with E-state index in [-0.39, 0.29) is 11.8 Å². The Morgan fingerprint density at radius 2 is 1.92 bits per heavy atom. The molecule has 0 atom stereocenters. The van der Waals surface area contributed by atoms with Gasteiger partial charge in [-0.15, -0.1) is 0 Å². The third kappa shape index (κ3) is 5.60. The van der Waals surface area contributed by atoms with Crippen LogP contribution in [0.3, 0.4) is 0 Å². The Hall–Kier alpha value is -2.34. The van der Waals surface area contributed by atoms with Gasteiger partial charge in [0.2, 0.25) is 5.91 Å². The minimum absolute atomic E-state index is 0.0832. The molecule has 2 amide bonds. The van der Waals surface area contributed by atoms with Gasteiger partial charge in [-0.25, -0.2) is 0 Å². The van der Waals surface area contributed by atoms with Crippen molar-refractivity contribution in [3.05, 3.63) is 59.9 Å². The molecule has 0 unspecified atom stereocenters. The highest BCUT2D eigenvalue weighted by molar-refractivity contribution is 7.98. The van der Waals surface area contributed by atoms with E-state index in [1.54, 1.807) is 36.2 Å². The van der Waals surface area contributed by atoms with Gasteiger partial charge in [-0.3, -0.25) is 14.6 Å². The van der Waals surface area contributed by atoms with E-state index in [1.165, 1.54) is 0 Å². The summed E-state index contributed by atoms with van der Waals surface area (Å²) in [4.78, 5) is 28.7. The molecular weight excluding hydrogens is 334 g/mol. The summed E-state index contributed by atoms with van der Waals surface area (Å²) in [7, 11) is 0. The summed E-state index contributed by atoms with van der Waals surface area (Å²) >= 11 is 1.67. The molecule has 1 aliphatic carbocycles. The van der Waals surface area contributed by atoms with Crippen LogP contribution in [0.1, 0.15) is 35.3 Å². The number of amides is 2. The standard InChI is InChI=1S/C19H21N3O2S/c23-18(10-12-25-13-15-5-3-4-11-20-15)22-17-7-2-1-6-16(17)19(24)21-14-8-9-14/h1-7,11,14H,8-10,12-13H2,(H,21,24)(H,22,23). The second-order valence-electron chi connectivity index (χ2n) is 5.97. The lowest BCUT2D eigenvalue weighted by molar-refractivity contribution is -0.115. The van der Waals surface area contributed by atoms with Crippen LogP contribution in [-0.2, 0) is 10.5 Å². The Kier molecular flexibility index (Phi) is 6.06. The normalized spacial score (nSPS) is 13.3. The van der Waals surface area contributed by atoms with Crippen molar-refractivity contribution < 1.29 is 9.59 Å². The maximum absolute atomic E-state index is 12.2. The van der Waals surface area contributed by atoms with Gasteiger partial charge in [0, 0.05) is 30.2 Å². The Labute approximate surface area is 151 Å². The van der Waals surface area contributed by atoms with Crippen molar-refractivity contribution in [2.45, 2.75) is 31.1 Å². The molecule has 2 N–H and O–H groups in total. The van der Waals surface area contributed by atoms with Gasteiger partial charge in [0.05, 0.1) is 16.9 Å². The van der Waals surface area contributed by atoms with Gasteiger partial charge in [-0.1, -0.05) is 18.2 Å². The van der Waals surface area contributed by atoms with Gasteiger partial charge >= 0.3 is 0 Å². The fraction of sp³-hybridized carbons (Fsp3) is 0.316. The first-order valence-corrected chi connectivity index (χ1v) is 9.55. The highest BCUT2D eigenvalue weighted by Crippen LogP contribution is 2.22. The second kappa shape index (κ2) is 8.67. The van der Waals surface area contributed by atoms with E-state index in [0.29, 0.717) is 29.5 Å². The van der Waals surface area contributed by atoms with Crippen LogP contribution >= 0.6 is 11.8 Å². The van der Waals surface area contributed by atoms with E-state index in [0.717, 1.165) is 24.3 Å². The monoisotopic (exact) mass is 355 g/mol. The first kappa shape index (κ1) is 17.5. The number of thioether (sulfide) groups is 1. The molecule has 0 aliphatic heterocycles.